The molecule has 15 heavy (non-hydrogen) atoms. The van der Waals surface area contributed by atoms with Gasteiger partial charge in [0.05, 0.1) is 6.34 Å². The molecule has 0 radical (unpaired) electrons. The van der Waals surface area contributed by atoms with Gasteiger partial charge in [-0.2, -0.15) is 0 Å². The summed E-state index contributed by atoms with van der Waals surface area (Å²) in [5.74, 6) is 0.571. The molecule has 90 valence electrons. The third kappa shape index (κ3) is 8.26. The second-order valence-electron chi connectivity index (χ2n) is 3.85. The third-order valence-electron chi connectivity index (χ3n) is 1.37. The van der Waals surface area contributed by atoms with E-state index in [0.717, 1.165) is 6.54 Å². The maximum absolute atomic E-state index is 5.41. The lowest BCUT2D eigenvalue weighted by Gasteiger charge is -2.20. The molecule has 0 saturated carbocycles. The second-order valence-corrected chi connectivity index (χ2v) is 11.0. The normalized spacial score (nSPS) is 16.2. The summed E-state index contributed by atoms with van der Waals surface area (Å²) in [6, 6.07) is 0. The lowest BCUT2D eigenvalue weighted by molar-refractivity contribution is 0.467. The summed E-state index contributed by atoms with van der Waals surface area (Å²) in [4.78, 5) is 4.24. The van der Waals surface area contributed by atoms with E-state index in [2.05, 4.69) is 37.8 Å². The van der Waals surface area contributed by atoms with Crippen molar-refractivity contribution < 1.29 is 4.52 Å². The fraction of sp³-hybridized carbons (Fsp3) is 0.889. The molecule has 1 atom stereocenters. The summed E-state index contributed by atoms with van der Waals surface area (Å²) < 4.78 is 5.34. The predicted molar refractivity (Wildman–Crippen MR) is 75.4 cm³/mol. The molecule has 0 fully saturated rings. The van der Waals surface area contributed by atoms with Gasteiger partial charge in [0.25, 0.3) is 0 Å². The Balaban J connectivity index is 4.09. The van der Waals surface area contributed by atoms with Crippen molar-refractivity contribution in [2.45, 2.75) is 32.9 Å². The lowest BCUT2D eigenvalue weighted by Crippen LogP contribution is -2.09. The summed E-state index contributed by atoms with van der Waals surface area (Å²) in [6.07, 6.45) is 1.69. The minimum Gasteiger partial charge on any atom is -0.330 e. The van der Waals surface area contributed by atoms with E-state index in [1.165, 1.54) is 0 Å². The second kappa shape index (κ2) is 7.66. The van der Waals surface area contributed by atoms with Gasteiger partial charge < -0.3 is 9.61 Å². The molecule has 0 amide bonds. The summed E-state index contributed by atoms with van der Waals surface area (Å²) in [5, 5.41) is 3.57. The van der Waals surface area contributed by atoms with Crippen LogP contribution in [0.15, 0.2) is 4.99 Å². The molecule has 0 aliphatic rings. The number of hydrogen-bond donors (Lipinski definition) is 1. The van der Waals surface area contributed by atoms with Crippen molar-refractivity contribution >= 4 is 35.1 Å². The monoisotopic (exact) mass is 268 g/mol. The quantitative estimate of drug-likeness (QED) is 0.436. The average molecular weight is 268 g/mol. The van der Waals surface area contributed by atoms with E-state index in [-0.39, 0.29) is 0 Å². The Morgan fingerprint density at radius 1 is 1.47 bits per heavy atom. The number of rotatable bonds is 7. The largest absolute Gasteiger partial charge is 0.330 e. The molecule has 1 N–H and O–H groups in total. The molecule has 6 heteroatoms. The van der Waals surface area contributed by atoms with Gasteiger partial charge in [0, 0.05) is 18.9 Å². The van der Waals surface area contributed by atoms with Gasteiger partial charge in [-0.05, 0) is 17.7 Å². The zero-order chi connectivity index (χ0) is 11.9. The van der Waals surface area contributed by atoms with Gasteiger partial charge in [-0.3, -0.25) is 4.99 Å². The van der Waals surface area contributed by atoms with Gasteiger partial charge in [-0.25, -0.2) is 0 Å². The van der Waals surface area contributed by atoms with Crippen LogP contribution in [-0.2, 0) is 16.3 Å². The maximum atomic E-state index is 5.41. The standard InChI is InChI=1S/C9H21N2OPS2/c1-8(2)6-10-7-11-13(14,12-5)15-9(3)4/h7-9H,6H2,1-5H3,(H,10,11,14). The van der Waals surface area contributed by atoms with Gasteiger partial charge in [-0.1, -0.05) is 39.1 Å². The van der Waals surface area contributed by atoms with Gasteiger partial charge in [0.1, 0.15) is 0 Å². The smallest absolute Gasteiger partial charge is 0.211 e. The maximum Gasteiger partial charge on any atom is 0.211 e. The SMILES string of the molecule is COP(=S)(NC=NCC(C)C)SC(C)C. The van der Waals surface area contributed by atoms with E-state index < -0.39 is 5.62 Å². The Hall–Kier alpha value is 0.430. The third-order valence-corrected chi connectivity index (χ3v) is 7.38. The highest BCUT2D eigenvalue weighted by Crippen LogP contribution is 2.56. The highest BCUT2D eigenvalue weighted by Gasteiger charge is 2.16. The fourth-order valence-corrected chi connectivity index (χ4v) is 5.75. The van der Waals surface area contributed by atoms with Crippen molar-refractivity contribution in [2.75, 3.05) is 13.7 Å². The van der Waals surface area contributed by atoms with E-state index in [1.807, 2.05) is 0 Å². The lowest BCUT2D eigenvalue weighted by atomic mass is 10.2. The summed E-state index contributed by atoms with van der Waals surface area (Å²) in [5.41, 5.74) is -1.97. The van der Waals surface area contributed by atoms with E-state index in [9.17, 15) is 0 Å². The number of hydrogen-bond acceptors (Lipinski definition) is 4. The van der Waals surface area contributed by atoms with E-state index >= 15 is 0 Å². The predicted octanol–water partition coefficient (Wildman–Crippen LogP) is 3.27. The van der Waals surface area contributed by atoms with Crippen LogP contribution in [0.2, 0.25) is 0 Å². The Kier molecular flexibility index (Phi) is 7.88. The van der Waals surface area contributed by atoms with Crippen molar-refractivity contribution in [3.63, 3.8) is 0 Å². The molecule has 0 spiro atoms. The van der Waals surface area contributed by atoms with Gasteiger partial charge >= 0.3 is 0 Å². The van der Waals surface area contributed by atoms with Crippen LogP contribution < -0.4 is 5.09 Å². The minimum absolute atomic E-state index is 0.460. The topological polar surface area (TPSA) is 33.6 Å². The molecule has 3 nitrogen and oxygen atoms in total. The molecule has 0 rings (SSSR count). The zero-order valence-electron chi connectivity index (χ0n) is 10.1. The van der Waals surface area contributed by atoms with Crippen LogP contribution in [0.5, 0.6) is 0 Å². The first-order chi connectivity index (χ1) is 6.89. The molecule has 0 saturated heterocycles. The van der Waals surface area contributed by atoms with Crippen LogP contribution in [0.1, 0.15) is 27.7 Å². The van der Waals surface area contributed by atoms with Crippen molar-refractivity contribution in [1.82, 2.24) is 5.09 Å². The van der Waals surface area contributed by atoms with Crippen LogP contribution in [-0.4, -0.2) is 25.2 Å². The van der Waals surface area contributed by atoms with E-state index in [0.29, 0.717) is 11.2 Å². The first-order valence-electron chi connectivity index (χ1n) is 5.00. The van der Waals surface area contributed by atoms with Crippen LogP contribution >= 0.6 is 17.0 Å². The summed E-state index contributed by atoms with van der Waals surface area (Å²) >= 11 is 7.07. The van der Waals surface area contributed by atoms with Gasteiger partial charge in [0.15, 0.2) is 0 Å². The first kappa shape index (κ1) is 15.4. The first-order valence-corrected chi connectivity index (χ1v) is 9.20. The average Bonchev–Trinajstić information content (AvgIpc) is 2.11. The van der Waals surface area contributed by atoms with Crippen LogP contribution in [0.25, 0.3) is 0 Å². The van der Waals surface area contributed by atoms with Crippen LogP contribution in [0.4, 0.5) is 0 Å². The molecule has 1 unspecified atom stereocenters. The Morgan fingerprint density at radius 3 is 2.47 bits per heavy atom. The molecule has 0 aromatic heterocycles. The Labute approximate surface area is 102 Å². The van der Waals surface area contributed by atoms with E-state index in [4.69, 9.17) is 16.3 Å². The molecule has 0 aliphatic heterocycles. The summed E-state index contributed by atoms with van der Waals surface area (Å²) in [6.45, 7) is 9.30. The number of nitrogens with zero attached hydrogens (tertiary/aromatic N) is 1. The Bertz CT molecular complexity index is 244. The fourth-order valence-electron chi connectivity index (χ4n) is 0.779. The zero-order valence-corrected chi connectivity index (χ0v) is 12.6. The number of nitrogens with one attached hydrogen (secondary N) is 1. The number of aliphatic imine (C=N–C) groups is 1. The van der Waals surface area contributed by atoms with Gasteiger partial charge in [0.2, 0.25) is 5.62 Å². The van der Waals surface area contributed by atoms with E-state index in [1.54, 1.807) is 24.8 Å². The van der Waals surface area contributed by atoms with Crippen LogP contribution in [0, 0.1) is 5.92 Å². The molecule has 0 aromatic carbocycles. The highest BCUT2D eigenvalue weighted by atomic mass is 32.9. The van der Waals surface area contributed by atoms with Crippen molar-refractivity contribution in [3.8, 4) is 0 Å². The molecular formula is C9H21N2OPS2. The molecule has 0 heterocycles. The minimum atomic E-state index is -1.97. The molecule has 0 bridgehead atoms. The van der Waals surface area contributed by atoms with Crippen LogP contribution in [0.3, 0.4) is 0 Å². The molecule has 0 aromatic rings. The summed E-state index contributed by atoms with van der Waals surface area (Å²) in [7, 11) is 1.65. The van der Waals surface area contributed by atoms with Crippen molar-refractivity contribution in [2.24, 2.45) is 10.9 Å². The van der Waals surface area contributed by atoms with Gasteiger partial charge in [-0.15, -0.1) is 0 Å². The molecule has 0 aliphatic carbocycles. The Morgan fingerprint density at radius 2 is 2.07 bits per heavy atom. The molecular weight excluding hydrogens is 247 g/mol. The highest BCUT2D eigenvalue weighted by molar-refractivity contribution is 8.69. The van der Waals surface area contributed by atoms with Crippen molar-refractivity contribution in [1.29, 1.82) is 0 Å². The van der Waals surface area contributed by atoms with Crippen molar-refractivity contribution in [3.05, 3.63) is 0 Å².